The molecule has 0 bridgehead atoms. The van der Waals surface area contributed by atoms with Gasteiger partial charge in [0.1, 0.15) is 10.8 Å². The lowest BCUT2D eigenvalue weighted by atomic mass is 10.2. The van der Waals surface area contributed by atoms with Gasteiger partial charge < -0.3 is 9.88 Å². The summed E-state index contributed by atoms with van der Waals surface area (Å²) >= 11 is 11.9. The van der Waals surface area contributed by atoms with Gasteiger partial charge in [0.25, 0.3) is 5.91 Å². The number of amides is 1. The average molecular weight is 430 g/mol. The maximum atomic E-state index is 12.8. The smallest absolute Gasteiger partial charge is 0.272 e. The minimum Gasteiger partial charge on any atom is -0.329 e. The fourth-order valence-electron chi connectivity index (χ4n) is 3.10. The average Bonchev–Trinajstić information content (AvgIpc) is 2.86. The van der Waals surface area contributed by atoms with Crippen molar-refractivity contribution in [1.29, 1.82) is 0 Å². The van der Waals surface area contributed by atoms with Gasteiger partial charge in [0.2, 0.25) is 10.0 Å². The third-order valence-electron chi connectivity index (χ3n) is 4.66. The van der Waals surface area contributed by atoms with Crippen molar-refractivity contribution < 1.29 is 13.2 Å². The molecular formula is C18H21Cl2N3O3S. The number of hydrogen-bond donors (Lipinski definition) is 1. The Morgan fingerprint density at radius 3 is 2.15 bits per heavy atom. The van der Waals surface area contributed by atoms with E-state index < -0.39 is 10.0 Å². The van der Waals surface area contributed by atoms with Crippen LogP contribution in [0.25, 0.3) is 0 Å². The highest BCUT2D eigenvalue weighted by atomic mass is 35.5. The van der Waals surface area contributed by atoms with Gasteiger partial charge in [-0.15, -0.1) is 0 Å². The van der Waals surface area contributed by atoms with Crippen molar-refractivity contribution in [2.24, 2.45) is 7.05 Å². The van der Waals surface area contributed by atoms with E-state index in [1.807, 2.05) is 0 Å². The molecule has 1 N–H and O–H groups in total. The quantitative estimate of drug-likeness (QED) is 0.792. The highest BCUT2D eigenvalue weighted by Gasteiger charge is 2.25. The Labute approximate surface area is 169 Å². The lowest BCUT2D eigenvalue weighted by molar-refractivity contribution is 0.101. The molecule has 2 heterocycles. The van der Waals surface area contributed by atoms with Gasteiger partial charge >= 0.3 is 0 Å². The molecule has 0 radical (unpaired) electrons. The summed E-state index contributed by atoms with van der Waals surface area (Å²) in [5, 5.41) is 3.30. The molecule has 1 aliphatic rings. The molecule has 1 aromatic carbocycles. The number of benzene rings is 1. The maximum Gasteiger partial charge on any atom is 0.272 e. The Balaban J connectivity index is 1.75. The Morgan fingerprint density at radius 1 is 1.04 bits per heavy atom. The van der Waals surface area contributed by atoms with Crippen molar-refractivity contribution in [2.45, 2.75) is 30.6 Å². The summed E-state index contributed by atoms with van der Waals surface area (Å²) in [7, 11) is -1.87. The number of carbonyl (C=O) groups excluding carboxylic acids is 1. The summed E-state index contributed by atoms with van der Waals surface area (Å²) in [5.41, 5.74) is 0.800. The number of rotatable bonds is 4. The minimum absolute atomic E-state index is 0.229. The number of hydrogen-bond acceptors (Lipinski definition) is 3. The van der Waals surface area contributed by atoms with Crippen LogP contribution in [0.1, 0.15) is 36.2 Å². The predicted molar refractivity (Wildman–Crippen MR) is 107 cm³/mol. The van der Waals surface area contributed by atoms with Crippen LogP contribution in [0.5, 0.6) is 0 Å². The Kier molecular flexibility index (Phi) is 6.15. The standard InChI is InChI=1S/C18H21Cl2N3O3S/c1-22-16(12-15(19)17(22)20)18(24)21-13-6-8-14(9-7-13)27(25,26)23-10-4-2-3-5-11-23/h6-9,12H,2-5,10-11H2,1H3,(H,21,24). The van der Waals surface area contributed by atoms with Crippen molar-refractivity contribution in [3.8, 4) is 0 Å². The molecule has 9 heteroatoms. The molecule has 0 aliphatic carbocycles. The summed E-state index contributed by atoms with van der Waals surface area (Å²) in [4.78, 5) is 12.6. The molecule has 0 unspecified atom stereocenters. The summed E-state index contributed by atoms with van der Waals surface area (Å²) in [6, 6.07) is 7.67. The van der Waals surface area contributed by atoms with Crippen molar-refractivity contribution in [3.05, 3.63) is 46.2 Å². The summed E-state index contributed by atoms with van der Waals surface area (Å²) in [6.45, 7) is 1.10. The van der Waals surface area contributed by atoms with Gasteiger partial charge in [0, 0.05) is 25.8 Å². The van der Waals surface area contributed by atoms with Crippen molar-refractivity contribution >= 4 is 44.8 Å². The third kappa shape index (κ3) is 4.32. The second-order valence-corrected chi connectivity index (χ2v) is 9.23. The third-order valence-corrected chi connectivity index (χ3v) is 7.42. The molecule has 1 amide bonds. The van der Waals surface area contributed by atoms with E-state index in [0.29, 0.717) is 29.5 Å². The van der Waals surface area contributed by atoms with E-state index in [1.54, 1.807) is 23.5 Å². The van der Waals surface area contributed by atoms with Crippen LogP contribution in [0.4, 0.5) is 5.69 Å². The van der Waals surface area contributed by atoms with E-state index in [-0.39, 0.29) is 16.0 Å². The summed E-state index contributed by atoms with van der Waals surface area (Å²) in [5.74, 6) is -0.380. The number of halogens is 2. The van der Waals surface area contributed by atoms with Crippen molar-refractivity contribution in [3.63, 3.8) is 0 Å². The van der Waals surface area contributed by atoms with E-state index in [0.717, 1.165) is 25.7 Å². The van der Waals surface area contributed by atoms with Gasteiger partial charge in [-0.2, -0.15) is 4.31 Å². The number of anilines is 1. The molecule has 6 nitrogen and oxygen atoms in total. The van der Waals surface area contributed by atoms with Gasteiger partial charge in [-0.1, -0.05) is 36.0 Å². The van der Waals surface area contributed by atoms with Crippen LogP contribution in [-0.2, 0) is 17.1 Å². The Morgan fingerprint density at radius 2 is 1.63 bits per heavy atom. The molecule has 3 rings (SSSR count). The molecule has 1 fully saturated rings. The molecule has 0 spiro atoms. The van der Waals surface area contributed by atoms with Gasteiger partial charge in [-0.3, -0.25) is 4.79 Å². The molecule has 146 valence electrons. The molecule has 1 saturated heterocycles. The topological polar surface area (TPSA) is 71.4 Å². The first-order valence-electron chi connectivity index (χ1n) is 8.73. The van der Waals surface area contributed by atoms with Gasteiger partial charge in [-0.05, 0) is 43.2 Å². The largest absolute Gasteiger partial charge is 0.329 e. The molecule has 1 aliphatic heterocycles. The Bertz CT molecular complexity index is 932. The van der Waals surface area contributed by atoms with E-state index in [1.165, 1.54) is 22.8 Å². The monoisotopic (exact) mass is 429 g/mol. The second kappa shape index (κ2) is 8.22. The van der Waals surface area contributed by atoms with Crippen LogP contribution in [0.3, 0.4) is 0 Å². The number of aromatic nitrogens is 1. The lowest BCUT2D eigenvalue weighted by Crippen LogP contribution is -2.31. The molecule has 2 aromatic rings. The molecule has 27 heavy (non-hydrogen) atoms. The number of nitrogens with zero attached hydrogens (tertiary/aromatic N) is 2. The second-order valence-electron chi connectivity index (χ2n) is 6.52. The van der Waals surface area contributed by atoms with E-state index in [4.69, 9.17) is 23.2 Å². The van der Waals surface area contributed by atoms with Crippen LogP contribution < -0.4 is 5.32 Å². The molecular weight excluding hydrogens is 409 g/mol. The van der Waals surface area contributed by atoms with Crippen LogP contribution in [0, 0.1) is 0 Å². The fraction of sp³-hybridized carbons (Fsp3) is 0.389. The number of sulfonamides is 1. The Hall–Kier alpha value is -1.54. The zero-order chi connectivity index (χ0) is 19.6. The zero-order valence-corrected chi connectivity index (χ0v) is 17.2. The van der Waals surface area contributed by atoms with Crippen LogP contribution >= 0.6 is 23.2 Å². The van der Waals surface area contributed by atoms with Crippen LogP contribution in [0.15, 0.2) is 35.2 Å². The predicted octanol–water partition coefficient (Wildman–Crippen LogP) is 4.15. The summed E-state index contributed by atoms with van der Waals surface area (Å²) < 4.78 is 28.6. The highest BCUT2D eigenvalue weighted by molar-refractivity contribution is 7.89. The van der Waals surface area contributed by atoms with Gasteiger partial charge in [-0.25, -0.2) is 8.42 Å². The van der Waals surface area contributed by atoms with E-state index in [2.05, 4.69) is 5.32 Å². The van der Waals surface area contributed by atoms with Gasteiger partial charge in [0.05, 0.1) is 9.92 Å². The first-order chi connectivity index (χ1) is 12.8. The fourth-order valence-corrected chi connectivity index (χ4v) is 4.99. The normalized spacial score (nSPS) is 16.1. The SMILES string of the molecule is Cn1c(C(=O)Nc2ccc(S(=O)(=O)N3CCCCCC3)cc2)cc(Cl)c1Cl. The molecule has 0 atom stereocenters. The lowest BCUT2D eigenvalue weighted by Gasteiger charge is -2.20. The first-order valence-corrected chi connectivity index (χ1v) is 10.9. The van der Waals surface area contributed by atoms with Crippen LogP contribution in [0.2, 0.25) is 10.2 Å². The number of carbonyl (C=O) groups is 1. The van der Waals surface area contributed by atoms with Crippen molar-refractivity contribution in [2.75, 3.05) is 18.4 Å². The molecule has 1 aromatic heterocycles. The van der Waals surface area contributed by atoms with Gasteiger partial charge in [0.15, 0.2) is 0 Å². The van der Waals surface area contributed by atoms with E-state index in [9.17, 15) is 13.2 Å². The maximum absolute atomic E-state index is 12.8. The van der Waals surface area contributed by atoms with E-state index >= 15 is 0 Å². The first kappa shape index (κ1) is 20.2. The number of nitrogens with one attached hydrogen (secondary N) is 1. The molecule has 0 saturated carbocycles. The van der Waals surface area contributed by atoms with Crippen LogP contribution in [-0.4, -0.2) is 36.3 Å². The zero-order valence-electron chi connectivity index (χ0n) is 14.9. The summed E-state index contributed by atoms with van der Waals surface area (Å²) in [6.07, 6.45) is 3.89. The minimum atomic E-state index is -3.51. The van der Waals surface area contributed by atoms with Crippen molar-refractivity contribution in [1.82, 2.24) is 8.87 Å². The highest BCUT2D eigenvalue weighted by Crippen LogP contribution is 2.26.